The molecule has 0 aromatic rings. The van der Waals surface area contributed by atoms with Crippen LogP contribution in [0.5, 0.6) is 0 Å². The maximum atomic E-state index is 13.6. The molecule has 41 heavy (non-hydrogen) atoms. The van der Waals surface area contributed by atoms with Gasteiger partial charge in [-0.15, -0.1) is 0 Å². The molecule has 1 heterocycles. The molecule has 0 amide bonds. The van der Waals surface area contributed by atoms with Gasteiger partial charge in [-0.05, 0) is 68.5 Å². The third-order valence-corrected chi connectivity index (χ3v) is 15.5. The van der Waals surface area contributed by atoms with E-state index in [2.05, 4.69) is 60.7 Å². The van der Waals surface area contributed by atoms with Gasteiger partial charge in [0.25, 0.3) is 0 Å². The van der Waals surface area contributed by atoms with Crippen molar-refractivity contribution in [2.45, 2.75) is 124 Å². The predicted molar refractivity (Wildman–Crippen MR) is 161 cm³/mol. The lowest BCUT2D eigenvalue weighted by atomic mass is 9.44. The fraction of sp³-hybridized carbons (Fsp3) is 0.818. The van der Waals surface area contributed by atoms with Gasteiger partial charge in [0, 0.05) is 24.7 Å². The molecule has 0 aromatic heterocycles. The van der Waals surface area contributed by atoms with Gasteiger partial charge in [-0.2, -0.15) is 0 Å². The molecule has 3 aliphatic carbocycles. The van der Waals surface area contributed by atoms with Gasteiger partial charge in [0.1, 0.15) is 5.60 Å². The van der Waals surface area contributed by atoms with Crippen LogP contribution >= 0.6 is 0 Å². The number of hydrogen-bond acceptors (Lipinski definition) is 7. The van der Waals surface area contributed by atoms with Crippen LogP contribution < -0.4 is 0 Å². The maximum Gasteiger partial charge on any atom is 0.337 e. The number of methoxy groups -OCH3 is 1. The molecule has 4 rings (SSSR count). The Labute approximate surface area is 248 Å². The zero-order chi connectivity index (χ0) is 30.8. The molecule has 1 saturated heterocycles. The number of hydrogen-bond donors (Lipinski definition) is 0. The molecule has 7 nitrogen and oxygen atoms in total. The monoisotopic (exact) mass is 590 g/mol. The van der Waals surface area contributed by atoms with Crippen molar-refractivity contribution in [3.63, 3.8) is 0 Å². The number of fused-ring (bicyclic) bond motifs is 3. The van der Waals surface area contributed by atoms with Crippen molar-refractivity contribution in [1.82, 2.24) is 0 Å². The van der Waals surface area contributed by atoms with Crippen molar-refractivity contribution in [2.24, 2.45) is 28.6 Å². The zero-order valence-corrected chi connectivity index (χ0v) is 28.6. The number of ether oxygens (including phenoxy) is 4. The quantitative estimate of drug-likeness (QED) is 0.189. The Morgan fingerprint density at radius 1 is 1.05 bits per heavy atom. The Morgan fingerprint density at radius 2 is 1.66 bits per heavy atom. The number of allylic oxidation sites excluding steroid dienone is 2. The second-order valence-corrected chi connectivity index (χ2v) is 20.5. The summed E-state index contributed by atoms with van der Waals surface area (Å²) in [6, 6.07) is 0. The largest absolute Gasteiger partial charge is 0.546 e. The van der Waals surface area contributed by atoms with E-state index in [0.29, 0.717) is 31.0 Å². The van der Waals surface area contributed by atoms with Gasteiger partial charge in [0.05, 0.1) is 38.1 Å². The molecule has 0 bridgehead atoms. The highest BCUT2D eigenvalue weighted by molar-refractivity contribution is 6.74. The Bertz CT molecular complexity index is 1120. The first-order valence-corrected chi connectivity index (χ1v) is 18.3. The topological polar surface area (TPSA) is 80.3 Å². The highest BCUT2D eigenvalue weighted by Gasteiger charge is 2.63. The zero-order valence-electron chi connectivity index (χ0n) is 27.6. The molecule has 8 heteroatoms. The molecule has 0 aromatic carbocycles. The lowest BCUT2D eigenvalue weighted by Gasteiger charge is -2.62. The summed E-state index contributed by atoms with van der Waals surface area (Å²) < 4.78 is 30.8. The third kappa shape index (κ3) is 5.58. The van der Waals surface area contributed by atoms with Gasteiger partial charge in [0.2, 0.25) is 8.32 Å². The van der Waals surface area contributed by atoms with E-state index < -0.39 is 31.6 Å². The molecule has 0 unspecified atom stereocenters. The minimum absolute atomic E-state index is 0.0624. The Kier molecular flexibility index (Phi) is 8.28. The van der Waals surface area contributed by atoms with Crippen LogP contribution in [0.25, 0.3) is 0 Å². The molecule has 232 valence electrons. The van der Waals surface area contributed by atoms with Gasteiger partial charge >= 0.3 is 11.9 Å². The van der Waals surface area contributed by atoms with Gasteiger partial charge in [-0.1, -0.05) is 53.2 Å². The summed E-state index contributed by atoms with van der Waals surface area (Å²) in [6.07, 6.45) is 5.56. The summed E-state index contributed by atoms with van der Waals surface area (Å²) in [7, 11) is -0.907. The molecule has 2 fully saturated rings. The average molecular weight is 591 g/mol. The molecule has 0 radical (unpaired) electrons. The highest BCUT2D eigenvalue weighted by Crippen LogP contribution is 2.67. The summed E-state index contributed by atoms with van der Waals surface area (Å²) in [5.74, 6) is -0.690. The van der Waals surface area contributed by atoms with E-state index in [9.17, 15) is 9.59 Å². The van der Waals surface area contributed by atoms with Crippen LogP contribution in [-0.2, 0) is 33.0 Å². The van der Waals surface area contributed by atoms with Gasteiger partial charge in [-0.25, -0.2) is 4.79 Å². The summed E-state index contributed by atoms with van der Waals surface area (Å²) in [4.78, 5) is 27.1. The molecular formula is C33H54O7Si. The molecule has 1 aliphatic heterocycles. The molecule has 4 aliphatic rings. The van der Waals surface area contributed by atoms with Crippen LogP contribution in [0.1, 0.15) is 94.4 Å². The van der Waals surface area contributed by atoms with E-state index in [1.54, 1.807) is 0 Å². The molecular weight excluding hydrogens is 536 g/mol. The van der Waals surface area contributed by atoms with Crippen LogP contribution in [0.2, 0.25) is 18.1 Å². The van der Waals surface area contributed by atoms with E-state index in [0.717, 1.165) is 19.3 Å². The van der Waals surface area contributed by atoms with Crippen LogP contribution in [-0.4, -0.2) is 52.0 Å². The first-order valence-electron chi connectivity index (χ1n) is 15.4. The normalized spacial score (nSPS) is 33.6. The Hall–Kier alpha value is -1.64. The standard InChI is InChI=1S/C33H54O7Si/c1-21-22-13-14-31(8)23(19-26(34)39-29(2,3)4)27(28(35)36-10)24(40-41(11,12)30(5,6)7)20-25(31)32(22,9)15-16-33(21)37-17-18-38-33/h13,21,23,25H,14-20H2,1-12H3/t21-,23-,25-,31-,32-/m0/s1. The highest BCUT2D eigenvalue weighted by atomic mass is 28.4. The van der Waals surface area contributed by atoms with E-state index >= 15 is 0 Å². The summed E-state index contributed by atoms with van der Waals surface area (Å²) >= 11 is 0. The van der Waals surface area contributed by atoms with Crippen LogP contribution in [0.15, 0.2) is 23.0 Å². The molecule has 1 saturated carbocycles. The van der Waals surface area contributed by atoms with E-state index in [1.165, 1.54) is 12.7 Å². The number of carbonyl (C=O) groups is 2. The van der Waals surface area contributed by atoms with Crippen molar-refractivity contribution in [2.75, 3.05) is 20.3 Å². The Balaban J connectivity index is 1.87. The summed E-state index contributed by atoms with van der Waals surface area (Å²) in [5, 5.41) is -0.0624. The van der Waals surface area contributed by atoms with Gasteiger partial charge in [0.15, 0.2) is 5.79 Å². The lowest BCUT2D eigenvalue weighted by molar-refractivity contribution is -0.214. The minimum Gasteiger partial charge on any atom is -0.546 e. The predicted octanol–water partition coefficient (Wildman–Crippen LogP) is 7.32. The van der Waals surface area contributed by atoms with Crippen LogP contribution in [0, 0.1) is 28.6 Å². The van der Waals surface area contributed by atoms with Crippen molar-refractivity contribution in [1.29, 1.82) is 0 Å². The summed E-state index contributed by atoms with van der Waals surface area (Å²) in [5.41, 5.74) is 0.730. The van der Waals surface area contributed by atoms with Crippen LogP contribution in [0.4, 0.5) is 0 Å². The average Bonchev–Trinajstić information content (AvgIpc) is 3.31. The maximum absolute atomic E-state index is 13.6. The van der Waals surface area contributed by atoms with Gasteiger partial charge < -0.3 is 23.4 Å². The van der Waals surface area contributed by atoms with E-state index in [4.69, 9.17) is 23.4 Å². The first kappa shape index (κ1) is 32.3. The van der Waals surface area contributed by atoms with Crippen molar-refractivity contribution < 1.29 is 33.0 Å². The second kappa shape index (κ2) is 10.5. The van der Waals surface area contributed by atoms with Gasteiger partial charge in [-0.3, -0.25) is 4.79 Å². The smallest absolute Gasteiger partial charge is 0.337 e. The number of carbonyl (C=O) groups excluding carboxylic acids is 2. The molecule has 5 atom stereocenters. The fourth-order valence-corrected chi connectivity index (χ4v) is 8.96. The van der Waals surface area contributed by atoms with E-state index in [1.807, 2.05) is 20.8 Å². The number of esters is 2. The fourth-order valence-electron chi connectivity index (χ4n) is 7.85. The van der Waals surface area contributed by atoms with Crippen LogP contribution in [0.3, 0.4) is 0 Å². The van der Waals surface area contributed by atoms with E-state index in [-0.39, 0.29) is 40.1 Å². The molecule has 1 spiro atoms. The van der Waals surface area contributed by atoms with Crippen molar-refractivity contribution >= 4 is 20.3 Å². The molecule has 0 N–H and O–H groups in total. The SMILES string of the molecule is COC(=O)C1=C(O[Si](C)(C)C(C)(C)C)C[C@H]2[C@@](C)(CC=C3[C@H](C)C4(CC[C@@]32C)OCCO4)[C@H]1CC(=O)OC(C)(C)C. The first-order chi connectivity index (χ1) is 18.7. The third-order valence-electron chi connectivity index (χ3n) is 11.1. The van der Waals surface area contributed by atoms with Crippen molar-refractivity contribution in [3.05, 3.63) is 23.0 Å². The second-order valence-electron chi connectivity index (χ2n) is 15.8. The lowest BCUT2D eigenvalue weighted by Crippen LogP contribution is -2.58. The summed E-state index contributed by atoms with van der Waals surface area (Å²) in [6.45, 7) is 24.8. The van der Waals surface area contributed by atoms with Crippen molar-refractivity contribution in [3.8, 4) is 0 Å². The Morgan fingerprint density at radius 3 is 2.20 bits per heavy atom. The number of rotatable bonds is 5. The minimum atomic E-state index is -2.33.